The average molecular weight is 243 g/mol. The molecule has 1 aliphatic rings. The molecule has 3 N–H and O–H groups in total. The first-order chi connectivity index (χ1) is 8.03. The Morgan fingerprint density at radius 3 is 2.82 bits per heavy atom. The lowest BCUT2D eigenvalue weighted by atomic mass is 9.77. The van der Waals surface area contributed by atoms with E-state index >= 15 is 0 Å². The number of nitrogens with one attached hydrogen (secondary N) is 2. The van der Waals surface area contributed by atoms with Crippen molar-refractivity contribution in [3.8, 4) is 0 Å². The fourth-order valence-corrected chi connectivity index (χ4v) is 2.53. The Morgan fingerprint density at radius 1 is 1.59 bits per heavy atom. The number of piperidine rings is 1. The molecule has 100 valence electrons. The highest BCUT2D eigenvalue weighted by molar-refractivity contribution is 5.79. The Bertz CT molecular complexity index is 258. The molecule has 1 rings (SSSR count). The number of hydrogen-bond acceptors (Lipinski definition) is 4. The highest BCUT2D eigenvalue weighted by Gasteiger charge is 2.45. The van der Waals surface area contributed by atoms with Gasteiger partial charge in [-0.1, -0.05) is 6.92 Å². The normalized spacial score (nSPS) is 29.5. The van der Waals surface area contributed by atoms with Gasteiger partial charge in [0.1, 0.15) is 5.54 Å². The summed E-state index contributed by atoms with van der Waals surface area (Å²) in [7, 11) is 3.99. The number of likely N-dealkylation sites (N-methyl/N-ethyl adjacent to an activating group) is 1. The van der Waals surface area contributed by atoms with E-state index in [-0.39, 0.29) is 5.92 Å². The van der Waals surface area contributed by atoms with Crippen LogP contribution in [0.3, 0.4) is 0 Å². The van der Waals surface area contributed by atoms with Gasteiger partial charge in [0.2, 0.25) is 0 Å². The predicted molar refractivity (Wildman–Crippen MR) is 68.2 cm³/mol. The Balaban J connectivity index is 2.69. The molecule has 0 amide bonds. The van der Waals surface area contributed by atoms with Crippen molar-refractivity contribution in [2.75, 3.05) is 40.3 Å². The van der Waals surface area contributed by atoms with Crippen LogP contribution in [0.25, 0.3) is 0 Å². The van der Waals surface area contributed by atoms with Gasteiger partial charge in [-0.2, -0.15) is 0 Å². The lowest BCUT2D eigenvalue weighted by Gasteiger charge is -2.41. The van der Waals surface area contributed by atoms with Gasteiger partial charge < -0.3 is 20.6 Å². The number of nitrogens with zero attached hydrogens (tertiary/aromatic N) is 1. The van der Waals surface area contributed by atoms with Crippen molar-refractivity contribution >= 4 is 5.97 Å². The molecule has 17 heavy (non-hydrogen) atoms. The highest BCUT2D eigenvalue weighted by Crippen LogP contribution is 2.27. The zero-order valence-corrected chi connectivity index (χ0v) is 11.1. The summed E-state index contributed by atoms with van der Waals surface area (Å²) in [5, 5.41) is 16.1. The number of aliphatic carboxylic acids is 1. The van der Waals surface area contributed by atoms with Crippen LogP contribution in [0.5, 0.6) is 0 Å². The molecule has 5 nitrogen and oxygen atoms in total. The van der Waals surface area contributed by atoms with E-state index in [2.05, 4.69) is 22.5 Å². The van der Waals surface area contributed by atoms with Crippen LogP contribution in [0.1, 0.15) is 19.8 Å². The Labute approximate surface area is 104 Å². The molecule has 0 saturated carbocycles. The lowest BCUT2D eigenvalue weighted by molar-refractivity contribution is -0.149. The van der Waals surface area contributed by atoms with Gasteiger partial charge in [-0.05, 0) is 33.5 Å². The summed E-state index contributed by atoms with van der Waals surface area (Å²) in [6.45, 7) is 5.20. The van der Waals surface area contributed by atoms with Crippen molar-refractivity contribution in [3.63, 3.8) is 0 Å². The van der Waals surface area contributed by atoms with Crippen molar-refractivity contribution < 1.29 is 9.90 Å². The van der Waals surface area contributed by atoms with E-state index in [1.165, 1.54) is 0 Å². The van der Waals surface area contributed by atoms with Crippen molar-refractivity contribution in [3.05, 3.63) is 0 Å². The molecule has 0 bridgehead atoms. The molecule has 1 saturated heterocycles. The first-order valence-electron chi connectivity index (χ1n) is 6.36. The number of carboxylic acids is 1. The van der Waals surface area contributed by atoms with E-state index in [0.717, 1.165) is 32.6 Å². The zero-order valence-electron chi connectivity index (χ0n) is 11.1. The molecule has 5 heteroatoms. The Morgan fingerprint density at radius 2 is 2.29 bits per heavy atom. The van der Waals surface area contributed by atoms with Crippen LogP contribution >= 0.6 is 0 Å². The maximum Gasteiger partial charge on any atom is 0.324 e. The van der Waals surface area contributed by atoms with Gasteiger partial charge in [0.05, 0.1) is 0 Å². The monoisotopic (exact) mass is 243 g/mol. The molecule has 0 aromatic carbocycles. The SMILES string of the molecule is CCC1CNCCC1(NCCN(C)C)C(=O)O. The number of carboxylic acid groups (broad SMARTS) is 1. The summed E-state index contributed by atoms with van der Waals surface area (Å²) < 4.78 is 0. The molecule has 1 heterocycles. The van der Waals surface area contributed by atoms with Crippen LogP contribution < -0.4 is 10.6 Å². The predicted octanol–water partition coefficient (Wildman–Crippen LogP) is -0.0195. The van der Waals surface area contributed by atoms with Gasteiger partial charge in [-0.3, -0.25) is 4.79 Å². The number of hydrogen-bond donors (Lipinski definition) is 3. The van der Waals surface area contributed by atoms with Gasteiger partial charge in [0.25, 0.3) is 0 Å². The molecule has 0 aromatic heterocycles. The van der Waals surface area contributed by atoms with Crippen LogP contribution in [0.2, 0.25) is 0 Å². The smallest absolute Gasteiger partial charge is 0.324 e. The summed E-state index contributed by atoms with van der Waals surface area (Å²) >= 11 is 0. The number of rotatable bonds is 6. The molecule has 0 aromatic rings. The van der Waals surface area contributed by atoms with Gasteiger partial charge in [0, 0.05) is 25.6 Å². The minimum Gasteiger partial charge on any atom is -0.480 e. The second-order valence-corrected chi connectivity index (χ2v) is 5.07. The minimum absolute atomic E-state index is 0.163. The summed E-state index contributed by atoms with van der Waals surface area (Å²) in [5.41, 5.74) is -0.740. The molecule has 1 fully saturated rings. The van der Waals surface area contributed by atoms with Crippen molar-refractivity contribution in [1.29, 1.82) is 0 Å². The molecule has 0 radical (unpaired) electrons. The van der Waals surface area contributed by atoms with Gasteiger partial charge in [-0.25, -0.2) is 0 Å². The van der Waals surface area contributed by atoms with E-state index < -0.39 is 11.5 Å². The van der Waals surface area contributed by atoms with E-state index in [9.17, 15) is 9.90 Å². The first kappa shape index (κ1) is 14.4. The highest BCUT2D eigenvalue weighted by atomic mass is 16.4. The molecular weight excluding hydrogens is 218 g/mol. The largest absolute Gasteiger partial charge is 0.480 e. The van der Waals surface area contributed by atoms with E-state index in [1.54, 1.807) is 0 Å². The number of carbonyl (C=O) groups is 1. The molecule has 2 atom stereocenters. The van der Waals surface area contributed by atoms with Crippen LogP contribution in [0.4, 0.5) is 0 Å². The maximum atomic E-state index is 11.6. The van der Waals surface area contributed by atoms with Crippen molar-refractivity contribution in [1.82, 2.24) is 15.5 Å². The second kappa shape index (κ2) is 6.33. The van der Waals surface area contributed by atoms with E-state index in [0.29, 0.717) is 6.42 Å². The fourth-order valence-electron chi connectivity index (χ4n) is 2.53. The second-order valence-electron chi connectivity index (χ2n) is 5.07. The standard InChI is InChI=1S/C12H25N3O2/c1-4-10-9-13-6-5-12(10,11(16)17)14-7-8-15(2)3/h10,13-14H,4-9H2,1-3H3,(H,16,17). The third kappa shape index (κ3) is 3.40. The molecular formula is C12H25N3O2. The quantitative estimate of drug-likeness (QED) is 0.612. The maximum absolute atomic E-state index is 11.6. The molecule has 2 unspecified atom stereocenters. The minimum atomic E-state index is -0.740. The third-order valence-electron chi connectivity index (χ3n) is 3.66. The van der Waals surface area contributed by atoms with Crippen LogP contribution in [-0.2, 0) is 4.79 Å². The van der Waals surface area contributed by atoms with Crippen molar-refractivity contribution in [2.24, 2.45) is 5.92 Å². The van der Waals surface area contributed by atoms with Crippen LogP contribution in [0.15, 0.2) is 0 Å². The van der Waals surface area contributed by atoms with E-state index in [1.807, 2.05) is 14.1 Å². The molecule has 0 aliphatic carbocycles. The zero-order chi connectivity index (χ0) is 12.9. The summed E-state index contributed by atoms with van der Waals surface area (Å²) in [4.78, 5) is 13.7. The Hall–Kier alpha value is -0.650. The fraction of sp³-hybridized carbons (Fsp3) is 0.917. The van der Waals surface area contributed by atoms with Crippen LogP contribution in [-0.4, -0.2) is 61.8 Å². The van der Waals surface area contributed by atoms with E-state index in [4.69, 9.17) is 0 Å². The summed E-state index contributed by atoms with van der Waals surface area (Å²) in [6.07, 6.45) is 1.54. The van der Waals surface area contributed by atoms with Crippen LogP contribution in [0, 0.1) is 5.92 Å². The Kier molecular flexibility index (Phi) is 5.36. The van der Waals surface area contributed by atoms with Crippen molar-refractivity contribution in [2.45, 2.75) is 25.3 Å². The lowest BCUT2D eigenvalue weighted by Crippen LogP contribution is -2.64. The van der Waals surface area contributed by atoms with Gasteiger partial charge in [0.15, 0.2) is 0 Å². The van der Waals surface area contributed by atoms with Gasteiger partial charge in [-0.15, -0.1) is 0 Å². The summed E-state index contributed by atoms with van der Waals surface area (Å²) in [6, 6.07) is 0. The third-order valence-corrected chi connectivity index (χ3v) is 3.66. The molecule has 0 spiro atoms. The van der Waals surface area contributed by atoms with Gasteiger partial charge >= 0.3 is 5.97 Å². The average Bonchev–Trinajstić information content (AvgIpc) is 2.28. The first-order valence-corrected chi connectivity index (χ1v) is 6.36. The summed E-state index contributed by atoms with van der Waals surface area (Å²) in [5.74, 6) is -0.541. The topological polar surface area (TPSA) is 64.6 Å². The molecule has 1 aliphatic heterocycles.